The molecular weight excluding hydrogens is 192 g/mol. The summed E-state index contributed by atoms with van der Waals surface area (Å²) >= 11 is 0. The zero-order valence-electron chi connectivity index (χ0n) is 8.60. The Bertz CT molecular complexity index is 121. The molecule has 0 aliphatic rings. The molecule has 0 rings (SSSR count). The van der Waals surface area contributed by atoms with Crippen LogP contribution in [-0.4, -0.2) is 45.1 Å². The van der Waals surface area contributed by atoms with Gasteiger partial charge in [0.25, 0.3) is 11.9 Å². The number of aliphatic hydroxyl groups excluding tert-OH is 2. The standard InChI is InChI=1S/C4H10O2.2C2H4O2/c1-2-4(6)3-5;2*1-2(3)4/h4-6H,2-3H2,1H3;2*1H3,(H,3,4). The van der Waals surface area contributed by atoms with E-state index in [9.17, 15) is 0 Å². The van der Waals surface area contributed by atoms with Gasteiger partial charge in [-0.15, -0.1) is 0 Å². The number of hydrogen-bond donors (Lipinski definition) is 4. The van der Waals surface area contributed by atoms with Crippen LogP contribution in [0.15, 0.2) is 0 Å². The van der Waals surface area contributed by atoms with Gasteiger partial charge in [0.15, 0.2) is 0 Å². The van der Waals surface area contributed by atoms with Gasteiger partial charge in [0.05, 0.1) is 12.7 Å². The fraction of sp³-hybridized carbons (Fsp3) is 0.750. The molecular formula is C8H18O6. The first-order valence-corrected chi connectivity index (χ1v) is 3.95. The van der Waals surface area contributed by atoms with Crippen LogP contribution in [0.25, 0.3) is 0 Å². The fourth-order valence-corrected chi connectivity index (χ4v) is 0.129. The third kappa shape index (κ3) is 129. The highest BCUT2D eigenvalue weighted by atomic mass is 16.4. The van der Waals surface area contributed by atoms with E-state index >= 15 is 0 Å². The van der Waals surface area contributed by atoms with Crippen molar-refractivity contribution in [2.24, 2.45) is 0 Å². The Balaban J connectivity index is -0.000000135. The van der Waals surface area contributed by atoms with Crippen LogP contribution in [0.3, 0.4) is 0 Å². The zero-order chi connectivity index (χ0) is 12.1. The van der Waals surface area contributed by atoms with Gasteiger partial charge in [-0.05, 0) is 6.42 Å². The minimum atomic E-state index is -0.833. The molecule has 4 N–H and O–H groups in total. The molecule has 0 saturated carbocycles. The highest BCUT2D eigenvalue weighted by Crippen LogP contribution is 1.83. The zero-order valence-corrected chi connectivity index (χ0v) is 8.60. The lowest BCUT2D eigenvalue weighted by Gasteiger charge is -1.97. The molecule has 0 fully saturated rings. The van der Waals surface area contributed by atoms with Gasteiger partial charge in [0.2, 0.25) is 0 Å². The lowest BCUT2D eigenvalue weighted by Crippen LogP contribution is -2.08. The molecule has 0 heterocycles. The lowest BCUT2D eigenvalue weighted by molar-refractivity contribution is -0.135. The van der Waals surface area contributed by atoms with E-state index in [0.29, 0.717) is 6.42 Å². The molecule has 6 heteroatoms. The summed E-state index contributed by atoms with van der Waals surface area (Å²) in [5.74, 6) is -1.67. The average molecular weight is 210 g/mol. The number of carbonyl (C=O) groups is 2. The number of hydrogen-bond acceptors (Lipinski definition) is 4. The maximum Gasteiger partial charge on any atom is 0.300 e. The van der Waals surface area contributed by atoms with Crippen LogP contribution >= 0.6 is 0 Å². The highest BCUT2D eigenvalue weighted by molar-refractivity contribution is 5.63. The van der Waals surface area contributed by atoms with E-state index in [0.717, 1.165) is 13.8 Å². The van der Waals surface area contributed by atoms with Crippen LogP contribution in [0.2, 0.25) is 0 Å². The van der Waals surface area contributed by atoms with Gasteiger partial charge in [0, 0.05) is 13.8 Å². The van der Waals surface area contributed by atoms with E-state index in [-0.39, 0.29) is 6.61 Å². The molecule has 86 valence electrons. The Kier molecular flexibility index (Phi) is 19.1. The largest absolute Gasteiger partial charge is 0.481 e. The molecule has 14 heavy (non-hydrogen) atoms. The van der Waals surface area contributed by atoms with Crippen molar-refractivity contribution in [3.8, 4) is 0 Å². The number of aliphatic carboxylic acids is 2. The predicted molar refractivity (Wildman–Crippen MR) is 50.0 cm³/mol. The Labute approximate surface area is 82.8 Å². The first-order chi connectivity index (χ1) is 6.27. The van der Waals surface area contributed by atoms with E-state index in [4.69, 9.17) is 30.0 Å². The summed E-state index contributed by atoms with van der Waals surface area (Å²) in [5, 5.41) is 31.3. The average Bonchev–Trinajstić information content (AvgIpc) is 2.01. The highest BCUT2D eigenvalue weighted by Gasteiger charge is 1.92. The van der Waals surface area contributed by atoms with Gasteiger partial charge in [-0.2, -0.15) is 0 Å². The maximum absolute atomic E-state index is 9.00. The summed E-state index contributed by atoms with van der Waals surface area (Å²) in [4.78, 5) is 18.0. The predicted octanol–water partition coefficient (Wildman–Crippen LogP) is -0.0686. The Morgan fingerprint density at radius 2 is 1.36 bits per heavy atom. The third-order valence-corrected chi connectivity index (χ3v) is 0.682. The molecule has 0 aromatic carbocycles. The summed E-state index contributed by atoms with van der Waals surface area (Å²) < 4.78 is 0. The topological polar surface area (TPSA) is 115 Å². The van der Waals surface area contributed by atoms with Crippen molar-refractivity contribution in [1.29, 1.82) is 0 Å². The summed E-state index contributed by atoms with van der Waals surface area (Å²) in [6.07, 6.45) is 0.126. The van der Waals surface area contributed by atoms with Crippen LogP contribution in [0, 0.1) is 0 Å². The molecule has 0 aliphatic heterocycles. The van der Waals surface area contributed by atoms with Crippen LogP contribution in [0.1, 0.15) is 27.2 Å². The summed E-state index contributed by atoms with van der Waals surface area (Å²) in [6, 6.07) is 0. The smallest absolute Gasteiger partial charge is 0.300 e. The molecule has 1 atom stereocenters. The van der Waals surface area contributed by atoms with Crippen LogP contribution < -0.4 is 0 Å². The van der Waals surface area contributed by atoms with E-state index in [1.54, 1.807) is 0 Å². The van der Waals surface area contributed by atoms with E-state index in [1.807, 2.05) is 6.92 Å². The Hall–Kier alpha value is -1.14. The van der Waals surface area contributed by atoms with Crippen molar-refractivity contribution in [2.45, 2.75) is 33.3 Å². The van der Waals surface area contributed by atoms with Crippen LogP contribution in [0.4, 0.5) is 0 Å². The molecule has 0 bridgehead atoms. The van der Waals surface area contributed by atoms with Crippen molar-refractivity contribution in [3.63, 3.8) is 0 Å². The van der Waals surface area contributed by atoms with Gasteiger partial charge < -0.3 is 20.4 Å². The molecule has 6 nitrogen and oxygen atoms in total. The van der Waals surface area contributed by atoms with Crippen LogP contribution in [-0.2, 0) is 9.59 Å². The van der Waals surface area contributed by atoms with Gasteiger partial charge in [-0.3, -0.25) is 9.59 Å². The SMILES string of the molecule is CC(=O)O.CC(=O)O.CCC(O)CO. The third-order valence-electron chi connectivity index (χ3n) is 0.682. The van der Waals surface area contributed by atoms with E-state index in [1.165, 1.54) is 0 Å². The Morgan fingerprint density at radius 1 is 1.14 bits per heavy atom. The molecule has 0 aliphatic carbocycles. The van der Waals surface area contributed by atoms with Gasteiger partial charge in [-0.1, -0.05) is 6.92 Å². The van der Waals surface area contributed by atoms with E-state index < -0.39 is 18.0 Å². The summed E-state index contributed by atoms with van der Waals surface area (Å²) in [7, 11) is 0. The molecule has 0 aromatic rings. The first-order valence-electron chi connectivity index (χ1n) is 3.95. The minimum Gasteiger partial charge on any atom is -0.481 e. The molecule has 0 aromatic heterocycles. The van der Waals surface area contributed by atoms with Crippen molar-refractivity contribution >= 4 is 11.9 Å². The van der Waals surface area contributed by atoms with Crippen molar-refractivity contribution < 1.29 is 30.0 Å². The van der Waals surface area contributed by atoms with Crippen molar-refractivity contribution in [3.05, 3.63) is 0 Å². The minimum absolute atomic E-state index is 0.115. The number of rotatable bonds is 2. The lowest BCUT2D eigenvalue weighted by atomic mass is 10.3. The molecule has 1 unspecified atom stereocenters. The maximum atomic E-state index is 9.00. The normalized spacial score (nSPS) is 9.79. The molecule has 0 radical (unpaired) electrons. The first kappa shape index (κ1) is 18.6. The molecule has 0 saturated heterocycles. The van der Waals surface area contributed by atoms with Crippen molar-refractivity contribution in [1.82, 2.24) is 0 Å². The second kappa shape index (κ2) is 14.4. The number of carboxylic acid groups (broad SMARTS) is 2. The monoisotopic (exact) mass is 210 g/mol. The van der Waals surface area contributed by atoms with Gasteiger partial charge in [-0.25, -0.2) is 0 Å². The molecule has 0 spiro atoms. The van der Waals surface area contributed by atoms with Crippen LogP contribution in [0.5, 0.6) is 0 Å². The molecule has 0 amide bonds. The summed E-state index contributed by atoms with van der Waals surface area (Å²) in [5.41, 5.74) is 0. The number of aliphatic hydroxyl groups is 2. The van der Waals surface area contributed by atoms with E-state index in [2.05, 4.69) is 0 Å². The Morgan fingerprint density at radius 3 is 1.36 bits per heavy atom. The summed E-state index contributed by atoms with van der Waals surface area (Å²) in [6.45, 7) is 3.87. The number of carboxylic acids is 2. The van der Waals surface area contributed by atoms with Gasteiger partial charge in [0.1, 0.15) is 0 Å². The second-order valence-corrected chi connectivity index (χ2v) is 2.28. The van der Waals surface area contributed by atoms with Gasteiger partial charge >= 0.3 is 0 Å². The fourth-order valence-electron chi connectivity index (χ4n) is 0.129. The van der Waals surface area contributed by atoms with Crippen molar-refractivity contribution in [2.75, 3.05) is 6.61 Å². The second-order valence-electron chi connectivity index (χ2n) is 2.28. The quantitative estimate of drug-likeness (QED) is 0.507.